The van der Waals surface area contributed by atoms with Gasteiger partial charge in [0.1, 0.15) is 24.4 Å². The van der Waals surface area contributed by atoms with Gasteiger partial charge in [-0.1, -0.05) is 39.8 Å². The summed E-state index contributed by atoms with van der Waals surface area (Å²) in [6.07, 6.45) is 5.94. The van der Waals surface area contributed by atoms with Gasteiger partial charge in [0.25, 0.3) is 0 Å². The third kappa shape index (κ3) is 19.0. The highest BCUT2D eigenvalue weighted by Crippen LogP contribution is 2.26. The normalized spacial score (nSPS) is 12.0. The van der Waals surface area contributed by atoms with Crippen molar-refractivity contribution in [1.82, 2.24) is 10.6 Å². The van der Waals surface area contributed by atoms with Crippen molar-refractivity contribution in [3.05, 3.63) is 36.4 Å². The Labute approximate surface area is 228 Å². The van der Waals surface area contributed by atoms with E-state index in [9.17, 15) is 9.59 Å². The molecule has 0 heterocycles. The summed E-state index contributed by atoms with van der Waals surface area (Å²) in [5.41, 5.74) is 0.425. The Balaban J connectivity index is 2.27. The number of carbonyl (C=O) groups is 2. The summed E-state index contributed by atoms with van der Waals surface area (Å²) < 4.78 is 27.9. The summed E-state index contributed by atoms with van der Waals surface area (Å²) in [7, 11) is 4.98. The van der Waals surface area contributed by atoms with Crippen molar-refractivity contribution in [3.63, 3.8) is 0 Å². The van der Waals surface area contributed by atoms with Gasteiger partial charge in [0, 0.05) is 24.8 Å². The highest BCUT2D eigenvalue weighted by Gasteiger charge is 2.12. The van der Waals surface area contributed by atoms with Gasteiger partial charge in [0.15, 0.2) is 0 Å². The number of anilines is 1. The number of amides is 2. The Bertz CT molecular complexity index is 772. The Morgan fingerprint density at radius 2 is 1.81 bits per heavy atom. The van der Waals surface area contributed by atoms with E-state index in [1.54, 1.807) is 22.9 Å². The topological polar surface area (TPSA) is 116 Å². The minimum absolute atomic E-state index is 0.00618. The fourth-order valence-electron chi connectivity index (χ4n) is 2.67. The van der Waals surface area contributed by atoms with Crippen LogP contribution in [0.15, 0.2) is 36.4 Å². The molecule has 0 fully saturated rings. The zero-order valence-electron chi connectivity index (χ0n) is 22.0. The molecular formula is C25H41N3O7S2. The van der Waals surface area contributed by atoms with Crippen molar-refractivity contribution >= 4 is 39.1 Å². The maximum atomic E-state index is 12.2. The minimum Gasteiger partial charge on any atom is -0.490 e. The molecule has 0 saturated heterocycles. The highest BCUT2D eigenvalue weighted by molar-refractivity contribution is 8.76. The van der Waals surface area contributed by atoms with E-state index in [2.05, 4.69) is 16.0 Å². The molecule has 1 aromatic rings. The van der Waals surface area contributed by atoms with Gasteiger partial charge < -0.3 is 39.6 Å². The first kappa shape index (κ1) is 33.2. The number of hydrogen-bond donors (Lipinski definition) is 3. The summed E-state index contributed by atoms with van der Waals surface area (Å²) in [5.74, 6) is 0.321. The first-order valence-electron chi connectivity index (χ1n) is 12.2. The second kappa shape index (κ2) is 23.3. The van der Waals surface area contributed by atoms with Crippen LogP contribution in [-0.2, 0) is 28.5 Å². The first-order chi connectivity index (χ1) is 18.1. The Kier molecular flexibility index (Phi) is 20.9. The van der Waals surface area contributed by atoms with Crippen LogP contribution in [0.5, 0.6) is 5.75 Å². The molecule has 37 heavy (non-hydrogen) atoms. The maximum absolute atomic E-state index is 12.2. The SMILES string of the molecule is C/C=C/CNC(=O)COCCOC(COc1cccc(NC(=O)CCOCCOCCNC)c1)SSC. The standard InChI is InChI=1S/C25H41N3O7S2/c1-4-5-10-27-24(30)19-33-16-17-34-25(37-36-3)20-35-22-8-6-7-21(18-22)28-23(29)9-12-31-14-15-32-13-11-26-2/h4-8,18,25-26H,9-17,19-20H2,1-3H3,(H,27,30)(H,28,29)/b5-4+. The van der Waals surface area contributed by atoms with Gasteiger partial charge in [-0.15, -0.1) is 0 Å². The molecule has 0 saturated carbocycles. The maximum Gasteiger partial charge on any atom is 0.246 e. The lowest BCUT2D eigenvalue weighted by atomic mass is 10.3. The second-order valence-corrected chi connectivity index (χ2v) is 10.1. The van der Waals surface area contributed by atoms with Gasteiger partial charge in [0.2, 0.25) is 11.8 Å². The van der Waals surface area contributed by atoms with Crippen LogP contribution in [0.2, 0.25) is 0 Å². The van der Waals surface area contributed by atoms with Crippen LogP contribution in [0.25, 0.3) is 0 Å². The quantitative estimate of drug-likeness (QED) is 0.0800. The van der Waals surface area contributed by atoms with Crippen molar-refractivity contribution in [1.29, 1.82) is 0 Å². The first-order valence-corrected chi connectivity index (χ1v) is 14.8. The van der Waals surface area contributed by atoms with E-state index in [1.807, 2.05) is 44.5 Å². The molecule has 0 bridgehead atoms. The van der Waals surface area contributed by atoms with Crippen molar-refractivity contribution < 1.29 is 33.3 Å². The minimum atomic E-state index is -0.222. The zero-order valence-corrected chi connectivity index (χ0v) is 23.6. The summed E-state index contributed by atoms with van der Waals surface area (Å²) in [6.45, 7) is 6.05. The van der Waals surface area contributed by atoms with E-state index in [4.69, 9.17) is 23.7 Å². The van der Waals surface area contributed by atoms with Gasteiger partial charge in [0.05, 0.1) is 46.1 Å². The molecule has 0 radical (unpaired) electrons. The molecule has 210 valence electrons. The van der Waals surface area contributed by atoms with Gasteiger partial charge in [-0.2, -0.15) is 0 Å². The van der Waals surface area contributed by atoms with Crippen LogP contribution >= 0.6 is 21.6 Å². The van der Waals surface area contributed by atoms with Crippen molar-refractivity contribution in [2.45, 2.75) is 18.8 Å². The van der Waals surface area contributed by atoms with E-state index in [0.717, 1.165) is 6.54 Å². The van der Waals surface area contributed by atoms with Crippen LogP contribution in [-0.4, -0.2) is 96.5 Å². The molecule has 1 atom stereocenters. The van der Waals surface area contributed by atoms with E-state index in [0.29, 0.717) is 64.2 Å². The number of allylic oxidation sites excluding steroid dienone is 1. The monoisotopic (exact) mass is 559 g/mol. The molecule has 0 aliphatic rings. The Morgan fingerprint density at radius 1 is 1.03 bits per heavy atom. The third-order valence-corrected chi connectivity index (χ3v) is 6.37. The molecule has 1 aromatic carbocycles. The number of ether oxygens (including phenoxy) is 5. The van der Waals surface area contributed by atoms with Gasteiger partial charge >= 0.3 is 0 Å². The van der Waals surface area contributed by atoms with Crippen LogP contribution in [0.3, 0.4) is 0 Å². The van der Waals surface area contributed by atoms with Gasteiger partial charge in [-0.25, -0.2) is 0 Å². The lowest BCUT2D eigenvalue weighted by Crippen LogP contribution is -2.28. The lowest BCUT2D eigenvalue weighted by Gasteiger charge is -2.17. The predicted molar refractivity (Wildman–Crippen MR) is 150 cm³/mol. The number of rotatable bonds is 23. The molecule has 10 nitrogen and oxygen atoms in total. The van der Waals surface area contributed by atoms with Crippen LogP contribution in [0.1, 0.15) is 13.3 Å². The smallest absolute Gasteiger partial charge is 0.246 e. The predicted octanol–water partition coefficient (Wildman–Crippen LogP) is 2.71. The van der Waals surface area contributed by atoms with E-state index < -0.39 is 0 Å². The van der Waals surface area contributed by atoms with Crippen LogP contribution in [0.4, 0.5) is 5.69 Å². The summed E-state index contributed by atoms with van der Waals surface area (Å²) in [6, 6.07) is 7.21. The largest absolute Gasteiger partial charge is 0.490 e. The number of carbonyl (C=O) groups excluding carboxylic acids is 2. The molecule has 0 aromatic heterocycles. The molecule has 2 amide bonds. The molecule has 0 aliphatic heterocycles. The average molecular weight is 560 g/mol. The number of hydrogen-bond acceptors (Lipinski definition) is 10. The van der Waals surface area contributed by atoms with Crippen molar-refractivity contribution in [3.8, 4) is 5.75 Å². The number of benzene rings is 1. The van der Waals surface area contributed by atoms with E-state index >= 15 is 0 Å². The zero-order chi connectivity index (χ0) is 27.0. The van der Waals surface area contributed by atoms with Gasteiger partial charge in [-0.05, 0) is 32.4 Å². The average Bonchev–Trinajstić information content (AvgIpc) is 2.89. The Hall–Kier alpha value is -1.80. The molecule has 1 unspecified atom stereocenters. The highest BCUT2D eigenvalue weighted by atomic mass is 33.1. The molecule has 0 spiro atoms. The summed E-state index contributed by atoms with van der Waals surface area (Å²) in [5, 5.41) is 8.58. The molecule has 3 N–H and O–H groups in total. The van der Waals surface area contributed by atoms with Crippen LogP contribution < -0.4 is 20.7 Å². The molecule has 0 aliphatic carbocycles. The molecule has 12 heteroatoms. The van der Waals surface area contributed by atoms with Gasteiger partial charge in [-0.3, -0.25) is 9.59 Å². The molecule has 1 rings (SSSR count). The summed E-state index contributed by atoms with van der Waals surface area (Å²) in [4.78, 5) is 23.8. The van der Waals surface area contributed by atoms with Crippen LogP contribution in [0, 0.1) is 0 Å². The fourth-order valence-corrected chi connectivity index (χ4v) is 4.14. The summed E-state index contributed by atoms with van der Waals surface area (Å²) >= 11 is 0. The second-order valence-electron chi connectivity index (χ2n) is 7.45. The lowest BCUT2D eigenvalue weighted by molar-refractivity contribution is -0.126. The number of nitrogens with one attached hydrogen (secondary N) is 3. The number of likely N-dealkylation sites (N-methyl/N-ethyl adjacent to an activating group) is 1. The fraction of sp³-hybridized carbons (Fsp3) is 0.600. The van der Waals surface area contributed by atoms with Crippen molar-refractivity contribution in [2.24, 2.45) is 0 Å². The van der Waals surface area contributed by atoms with Crippen molar-refractivity contribution in [2.75, 3.05) is 84.6 Å². The van der Waals surface area contributed by atoms with E-state index in [-0.39, 0.29) is 30.3 Å². The third-order valence-electron chi connectivity index (χ3n) is 4.47. The van der Waals surface area contributed by atoms with E-state index in [1.165, 1.54) is 10.8 Å². The Morgan fingerprint density at radius 3 is 2.57 bits per heavy atom. The molecular weight excluding hydrogens is 518 g/mol.